The Labute approximate surface area is 137 Å². The highest BCUT2D eigenvalue weighted by Crippen LogP contribution is 2.48. The van der Waals surface area contributed by atoms with Gasteiger partial charge in [0.2, 0.25) is 5.91 Å². The standard InChI is InChI=1S/C19H23NO3/c1-19-12-7-6-10-15(19)20(16(21)11-13-19)17(18(22)23-2)14-8-4-3-5-9-14/h3-5,8-10,17H,6-7,11-13H2,1-2H3/t17-,19?/m0/s1. The molecule has 0 spiro atoms. The molecule has 1 aromatic carbocycles. The molecule has 1 aliphatic heterocycles. The first-order valence-corrected chi connectivity index (χ1v) is 8.22. The third kappa shape index (κ3) is 2.78. The summed E-state index contributed by atoms with van der Waals surface area (Å²) in [5.41, 5.74) is 1.77. The summed E-state index contributed by atoms with van der Waals surface area (Å²) >= 11 is 0. The molecule has 2 atom stereocenters. The number of rotatable bonds is 3. The van der Waals surface area contributed by atoms with Crippen molar-refractivity contribution in [2.24, 2.45) is 5.41 Å². The molecule has 4 nitrogen and oxygen atoms in total. The number of hydrogen-bond donors (Lipinski definition) is 0. The second kappa shape index (κ2) is 6.19. The average molecular weight is 313 g/mol. The smallest absolute Gasteiger partial charge is 0.333 e. The highest BCUT2D eigenvalue weighted by molar-refractivity contribution is 5.88. The molecule has 1 unspecified atom stereocenters. The maximum Gasteiger partial charge on any atom is 0.333 e. The van der Waals surface area contributed by atoms with E-state index in [1.807, 2.05) is 30.3 Å². The Hall–Kier alpha value is -2.10. The van der Waals surface area contributed by atoms with Gasteiger partial charge in [-0.15, -0.1) is 0 Å². The number of benzene rings is 1. The number of ether oxygens (including phenoxy) is 1. The Morgan fingerprint density at radius 3 is 2.70 bits per heavy atom. The van der Waals surface area contributed by atoms with E-state index in [-0.39, 0.29) is 17.3 Å². The van der Waals surface area contributed by atoms with Gasteiger partial charge in [0.25, 0.3) is 0 Å². The van der Waals surface area contributed by atoms with Crippen LogP contribution in [0.15, 0.2) is 42.1 Å². The van der Waals surface area contributed by atoms with E-state index in [1.54, 1.807) is 4.90 Å². The van der Waals surface area contributed by atoms with Gasteiger partial charge < -0.3 is 4.74 Å². The quantitative estimate of drug-likeness (QED) is 0.801. The van der Waals surface area contributed by atoms with Gasteiger partial charge in [-0.3, -0.25) is 9.69 Å². The largest absolute Gasteiger partial charge is 0.467 e. The van der Waals surface area contributed by atoms with Gasteiger partial charge in [-0.25, -0.2) is 4.79 Å². The van der Waals surface area contributed by atoms with Crippen LogP contribution in [0.1, 0.15) is 50.6 Å². The van der Waals surface area contributed by atoms with Crippen molar-refractivity contribution in [3.63, 3.8) is 0 Å². The van der Waals surface area contributed by atoms with Gasteiger partial charge in [-0.05, 0) is 31.2 Å². The molecule has 23 heavy (non-hydrogen) atoms. The summed E-state index contributed by atoms with van der Waals surface area (Å²) in [6.45, 7) is 2.21. The molecular weight excluding hydrogens is 290 g/mol. The minimum Gasteiger partial charge on any atom is -0.467 e. The number of amides is 1. The lowest BCUT2D eigenvalue weighted by atomic mass is 9.71. The third-order valence-corrected chi connectivity index (χ3v) is 5.11. The summed E-state index contributed by atoms with van der Waals surface area (Å²) in [5.74, 6) is -0.379. The Balaban J connectivity index is 2.08. The summed E-state index contributed by atoms with van der Waals surface area (Å²) in [6, 6.07) is 8.73. The Kier molecular flexibility index (Phi) is 4.24. The van der Waals surface area contributed by atoms with Crippen LogP contribution >= 0.6 is 0 Å². The van der Waals surface area contributed by atoms with E-state index in [9.17, 15) is 9.59 Å². The van der Waals surface area contributed by atoms with Crippen molar-refractivity contribution in [3.05, 3.63) is 47.7 Å². The summed E-state index contributed by atoms with van der Waals surface area (Å²) in [6.07, 6.45) is 6.63. The molecule has 2 aliphatic rings. The highest BCUT2D eigenvalue weighted by atomic mass is 16.5. The van der Waals surface area contributed by atoms with E-state index in [0.717, 1.165) is 36.9 Å². The predicted octanol–water partition coefficient (Wildman–Crippen LogP) is 3.60. The van der Waals surface area contributed by atoms with Crippen molar-refractivity contribution >= 4 is 11.9 Å². The summed E-state index contributed by atoms with van der Waals surface area (Å²) in [5, 5.41) is 0. The molecule has 122 valence electrons. The fourth-order valence-corrected chi connectivity index (χ4v) is 3.81. The van der Waals surface area contributed by atoms with Crippen molar-refractivity contribution in [3.8, 4) is 0 Å². The maximum absolute atomic E-state index is 12.7. The number of carbonyl (C=O) groups is 2. The molecule has 1 heterocycles. The molecule has 0 aromatic heterocycles. The minimum absolute atomic E-state index is 0.00915. The first kappa shape index (κ1) is 15.8. The summed E-state index contributed by atoms with van der Waals surface area (Å²) in [7, 11) is 1.38. The van der Waals surface area contributed by atoms with Gasteiger partial charge in [0.15, 0.2) is 6.04 Å². The third-order valence-electron chi connectivity index (χ3n) is 5.11. The average Bonchev–Trinajstić information content (AvgIpc) is 2.58. The fourth-order valence-electron chi connectivity index (χ4n) is 3.81. The van der Waals surface area contributed by atoms with Crippen LogP contribution in [0.25, 0.3) is 0 Å². The SMILES string of the molecule is COC(=O)[C@H](c1ccccc1)N1C(=O)CCC2(C)CCCC=C12. The van der Waals surface area contributed by atoms with Crippen molar-refractivity contribution in [1.82, 2.24) is 4.90 Å². The van der Waals surface area contributed by atoms with Crippen molar-refractivity contribution in [2.75, 3.05) is 7.11 Å². The van der Waals surface area contributed by atoms with Crippen LogP contribution in [-0.4, -0.2) is 23.9 Å². The zero-order valence-electron chi connectivity index (χ0n) is 13.7. The van der Waals surface area contributed by atoms with Gasteiger partial charge >= 0.3 is 5.97 Å². The molecule has 3 rings (SSSR count). The van der Waals surface area contributed by atoms with Crippen LogP contribution in [0.5, 0.6) is 0 Å². The molecule has 1 aliphatic carbocycles. The Morgan fingerprint density at radius 2 is 2.00 bits per heavy atom. The second-order valence-corrected chi connectivity index (χ2v) is 6.64. The molecule has 0 radical (unpaired) electrons. The van der Waals surface area contributed by atoms with E-state index in [2.05, 4.69) is 13.0 Å². The normalized spacial score (nSPS) is 25.4. The van der Waals surface area contributed by atoms with Crippen molar-refractivity contribution in [1.29, 1.82) is 0 Å². The molecular formula is C19H23NO3. The number of piperidine rings is 1. The van der Waals surface area contributed by atoms with Gasteiger partial charge in [0.05, 0.1) is 7.11 Å². The Morgan fingerprint density at radius 1 is 1.26 bits per heavy atom. The van der Waals surface area contributed by atoms with E-state index in [1.165, 1.54) is 7.11 Å². The van der Waals surface area contributed by atoms with Crippen LogP contribution in [-0.2, 0) is 14.3 Å². The summed E-state index contributed by atoms with van der Waals surface area (Å²) in [4.78, 5) is 26.9. The lowest BCUT2D eigenvalue weighted by molar-refractivity contribution is -0.154. The minimum atomic E-state index is -0.697. The second-order valence-electron chi connectivity index (χ2n) is 6.64. The number of carbonyl (C=O) groups excluding carboxylic acids is 2. The van der Waals surface area contributed by atoms with Gasteiger partial charge in [0.1, 0.15) is 0 Å². The molecule has 0 N–H and O–H groups in total. The first-order valence-electron chi connectivity index (χ1n) is 8.22. The fraction of sp³-hybridized carbons (Fsp3) is 0.474. The molecule has 1 fully saturated rings. The zero-order chi connectivity index (χ0) is 16.4. The molecule has 1 amide bonds. The van der Waals surface area contributed by atoms with Crippen LogP contribution in [0.2, 0.25) is 0 Å². The molecule has 1 aromatic rings. The monoisotopic (exact) mass is 313 g/mol. The number of hydrogen-bond acceptors (Lipinski definition) is 3. The Bertz CT molecular complexity index is 637. The van der Waals surface area contributed by atoms with E-state index in [0.29, 0.717) is 6.42 Å². The number of esters is 1. The van der Waals surface area contributed by atoms with Crippen LogP contribution in [0.3, 0.4) is 0 Å². The topological polar surface area (TPSA) is 46.6 Å². The van der Waals surface area contributed by atoms with E-state index < -0.39 is 6.04 Å². The number of fused-ring (bicyclic) bond motifs is 1. The predicted molar refractivity (Wildman–Crippen MR) is 87.3 cm³/mol. The molecule has 1 saturated heterocycles. The van der Waals surface area contributed by atoms with Crippen molar-refractivity contribution < 1.29 is 14.3 Å². The number of methoxy groups -OCH3 is 1. The maximum atomic E-state index is 12.7. The number of likely N-dealkylation sites (tertiary alicyclic amines) is 1. The van der Waals surface area contributed by atoms with E-state index in [4.69, 9.17) is 4.74 Å². The lowest BCUT2D eigenvalue weighted by Gasteiger charge is -2.47. The highest BCUT2D eigenvalue weighted by Gasteiger charge is 2.45. The van der Waals surface area contributed by atoms with Gasteiger partial charge in [0, 0.05) is 17.5 Å². The van der Waals surface area contributed by atoms with Gasteiger partial charge in [-0.2, -0.15) is 0 Å². The zero-order valence-corrected chi connectivity index (χ0v) is 13.7. The van der Waals surface area contributed by atoms with Crippen LogP contribution < -0.4 is 0 Å². The number of nitrogens with zero attached hydrogens (tertiary/aromatic N) is 1. The summed E-state index contributed by atoms with van der Waals surface area (Å²) < 4.78 is 5.02. The molecule has 0 bridgehead atoms. The van der Waals surface area contributed by atoms with Crippen LogP contribution in [0.4, 0.5) is 0 Å². The molecule has 4 heteroatoms. The number of allylic oxidation sites excluding steroid dienone is 2. The molecule has 0 saturated carbocycles. The van der Waals surface area contributed by atoms with Crippen LogP contribution in [0, 0.1) is 5.41 Å². The first-order chi connectivity index (χ1) is 11.1. The lowest BCUT2D eigenvalue weighted by Crippen LogP contribution is -2.48. The van der Waals surface area contributed by atoms with Crippen molar-refractivity contribution in [2.45, 2.75) is 45.1 Å². The van der Waals surface area contributed by atoms with Gasteiger partial charge in [-0.1, -0.05) is 43.3 Å². The van der Waals surface area contributed by atoms with E-state index >= 15 is 0 Å².